The van der Waals surface area contributed by atoms with Crippen LogP contribution in [0.15, 0.2) is 42.5 Å². The number of benzene rings is 2. The summed E-state index contributed by atoms with van der Waals surface area (Å²) < 4.78 is 1.26. The Morgan fingerprint density at radius 1 is 0.941 bits per heavy atom. The average Bonchev–Trinajstić information content (AvgIpc) is 2.33. The molecule has 0 aliphatic carbocycles. The van der Waals surface area contributed by atoms with E-state index in [0.29, 0.717) is 0 Å². The molecule has 2 rings (SSSR count). The van der Waals surface area contributed by atoms with Gasteiger partial charge in [-0.25, -0.2) is 0 Å². The third-order valence-electron chi connectivity index (χ3n) is 2.91. The number of aryl methyl sites for hydroxylation is 2. The molecule has 0 saturated heterocycles. The molecular formula is C15H16IN. The summed E-state index contributed by atoms with van der Waals surface area (Å²) in [5.41, 5.74) is 5.20. The van der Waals surface area contributed by atoms with Gasteiger partial charge >= 0.3 is 0 Å². The minimum absolute atomic E-state index is 0.877. The fraction of sp³-hybridized carbons (Fsp3) is 0.200. The standard InChI is InChI=1S/C15H16IN/c1-11-3-4-13(9-12(11)2)10-17-15-7-5-14(16)6-8-15/h3-9,17H,10H2,1-2H3. The highest BCUT2D eigenvalue weighted by Crippen LogP contribution is 2.14. The van der Waals surface area contributed by atoms with Gasteiger partial charge < -0.3 is 5.32 Å². The average molecular weight is 337 g/mol. The smallest absolute Gasteiger partial charge is 0.0400 e. The van der Waals surface area contributed by atoms with Crippen molar-refractivity contribution in [1.29, 1.82) is 0 Å². The predicted octanol–water partition coefficient (Wildman–Crippen LogP) is 4.52. The van der Waals surface area contributed by atoms with Crippen molar-refractivity contribution >= 4 is 28.3 Å². The zero-order valence-corrected chi connectivity index (χ0v) is 12.3. The molecule has 1 N–H and O–H groups in total. The molecule has 0 aromatic heterocycles. The minimum atomic E-state index is 0.877. The normalized spacial score (nSPS) is 10.3. The number of anilines is 1. The van der Waals surface area contributed by atoms with Gasteiger partial charge in [-0.05, 0) is 77.4 Å². The third-order valence-corrected chi connectivity index (χ3v) is 3.63. The molecule has 2 aromatic carbocycles. The van der Waals surface area contributed by atoms with Crippen LogP contribution in [0.25, 0.3) is 0 Å². The summed E-state index contributed by atoms with van der Waals surface area (Å²) in [5, 5.41) is 3.43. The number of hydrogen-bond donors (Lipinski definition) is 1. The lowest BCUT2D eigenvalue weighted by atomic mass is 10.1. The molecule has 2 heteroatoms. The van der Waals surface area contributed by atoms with Crippen molar-refractivity contribution in [1.82, 2.24) is 0 Å². The Hall–Kier alpha value is -1.03. The van der Waals surface area contributed by atoms with E-state index in [2.05, 4.69) is 84.2 Å². The van der Waals surface area contributed by atoms with Crippen LogP contribution >= 0.6 is 22.6 Å². The Labute approximate surface area is 116 Å². The lowest BCUT2D eigenvalue weighted by Crippen LogP contribution is -1.99. The van der Waals surface area contributed by atoms with Crippen molar-refractivity contribution in [3.05, 3.63) is 62.7 Å². The zero-order chi connectivity index (χ0) is 12.3. The maximum Gasteiger partial charge on any atom is 0.0400 e. The maximum absolute atomic E-state index is 3.43. The highest BCUT2D eigenvalue weighted by atomic mass is 127. The lowest BCUT2D eigenvalue weighted by molar-refractivity contribution is 1.13. The monoisotopic (exact) mass is 337 g/mol. The van der Waals surface area contributed by atoms with Gasteiger partial charge in [-0.3, -0.25) is 0 Å². The van der Waals surface area contributed by atoms with E-state index in [1.54, 1.807) is 0 Å². The highest BCUT2D eigenvalue weighted by molar-refractivity contribution is 14.1. The van der Waals surface area contributed by atoms with E-state index in [1.807, 2.05) is 0 Å². The second-order valence-corrected chi connectivity index (χ2v) is 5.52. The van der Waals surface area contributed by atoms with Crippen LogP contribution in [0.3, 0.4) is 0 Å². The zero-order valence-electron chi connectivity index (χ0n) is 10.1. The van der Waals surface area contributed by atoms with E-state index < -0.39 is 0 Å². The first kappa shape index (κ1) is 12.4. The molecule has 0 fully saturated rings. The third kappa shape index (κ3) is 3.46. The predicted molar refractivity (Wildman–Crippen MR) is 82.4 cm³/mol. The quantitative estimate of drug-likeness (QED) is 0.812. The van der Waals surface area contributed by atoms with Crippen molar-refractivity contribution in [2.24, 2.45) is 0 Å². The van der Waals surface area contributed by atoms with Gasteiger partial charge in [0.15, 0.2) is 0 Å². The van der Waals surface area contributed by atoms with Crippen LogP contribution in [0.5, 0.6) is 0 Å². The maximum atomic E-state index is 3.43. The lowest BCUT2D eigenvalue weighted by Gasteiger charge is -2.08. The summed E-state index contributed by atoms with van der Waals surface area (Å²) in [6, 6.07) is 15.1. The van der Waals surface area contributed by atoms with Gasteiger partial charge in [0.25, 0.3) is 0 Å². The van der Waals surface area contributed by atoms with Gasteiger partial charge in [0.2, 0.25) is 0 Å². The second kappa shape index (κ2) is 5.54. The van der Waals surface area contributed by atoms with Gasteiger partial charge in [0.05, 0.1) is 0 Å². The number of hydrogen-bond acceptors (Lipinski definition) is 1. The largest absolute Gasteiger partial charge is 0.381 e. The molecule has 0 amide bonds. The first-order chi connectivity index (χ1) is 8.15. The van der Waals surface area contributed by atoms with E-state index in [-0.39, 0.29) is 0 Å². The van der Waals surface area contributed by atoms with Crippen LogP contribution in [-0.4, -0.2) is 0 Å². The fourth-order valence-corrected chi connectivity index (χ4v) is 2.04. The SMILES string of the molecule is Cc1ccc(CNc2ccc(I)cc2)cc1C. The van der Waals surface area contributed by atoms with E-state index in [0.717, 1.165) is 6.54 Å². The molecule has 17 heavy (non-hydrogen) atoms. The molecular weight excluding hydrogens is 321 g/mol. The van der Waals surface area contributed by atoms with Crippen molar-refractivity contribution in [3.8, 4) is 0 Å². The number of halogens is 1. The molecule has 0 saturated carbocycles. The van der Waals surface area contributed by atoms with Gasteiger partial charge in [0.1, 0.15) is 0 Å². The van der Waals surface area contributed by atoms with Gasteiger partial charge in [-0.1, -0.05) is 18.2 Å². The molecule has 2 aromatic rings. The first-order valence-corrected chi connectivity index (χ1v) is 6.78. The van der Waals surface area contributed by atoms with Crippen LogP contribution in [0.1, 0.15) is 16.7 Å². The van der Waals surface area contributed by atoms with Crippen molar-refractivity contribution in [2.75, 3.05) is 5.32 Å². The van der Waals surface area contributed by atoms with Crippen molar-refractivity contribution in [3.63, 3.8) is 0 Å². The summed E-state index contributed by atoms with van der Waals surface area (Å²) in [7, 11) is 0. The molecule has 0 aliphatic rings. The van der Waals surface area contributed by atoms with E-state index in [4.69, 9.17) is 0 Å². The molecule has 0 aliphatic heterocycles. The van der Waals surface area contributed by atoms with Gasteiger partial charge in [-0.2, -0.15) is 0 Å². The summed E-state index contributed by atoms with van der Waals surface area (Å²) in [6.45, 7) is 5.18. The van der Waals surface area contributed by atoms with Crippen LogP contribution in [0.4, 0.5) is 5.69 Å². The Bertz CT molecular complexity index is 503. The molecule has 0 radical (unpaired) electrons. The van der Waals surface area contributed by atoms with Crippen molar-refractivity contribution < 1.29 is 0 Å². The molecule has 88 valence electrons. The van der Waals surface area contributed by atoms with Crippen LogP contribution in [-0.2, 0) is 6.54 Å². The van der Waals surface area contributed by atoms with Crippen LogP contribution in [0.2, 0.25) is 0 Å². The molecule has 0 atom stereocenters. The first-order valence-electron chi connectivity index (χ1n) is 5.71. The van der Waals surface area contributed by atoms with Crippen molar-refractivity contribution in [2.45, 2.75) is 20.4 Å². The molecule has 0 spiro atoms. The molecule has 0 unspecified atom stereocenters. The Kier molecular flexibility index (Phi) is 4.05. The van der Waals surface area contributed by atoms with E-state index in [9.17, 15) is 0 Å². The van der Waals surface area contributed by atoms with Crippen LogP contribution in [0, 0.1) is 17.4 Å². The van der Waals surface area contributed by atoms with E-state index >= 15 is 0 Å². The molecule has 0 bridgehead atoms. The summed E-state index contributed by atoms with van der Waals surface area (Å²) >= 11 is 2.32. The number of nitrogens with one attached hydrogen (secondary N) is 1. The second-order valence-electron chi connectivity index (χ2n) is 4.28. The van der Waals surface area contributed by atoms with E-state index in [1.165, 1.54) is 25.9 Å². The Balaban J connectivity index is 2.02. The molecule has 1 nitrogen and oxygen atoms in total. The summed E-state index contributed by atoms with van der Waals surface area (Å²) in [5.74, 6) is 0. The van der Waals surface area contributed by atoms with Gasteiger partial charge in [-0.15, -0.1) is 0 Å². The highest BCUT2D eigenvalue weighted by Gasteiger charge is 1.97. The Morgan fingerprint density at radius 3 is 2.29 bits per heavy atom. The number of rotatable bonds is 3. The summed E-state index contributed by atoms with van der Waals surface area (Å²) in [6.07, 6.45) is 0. The minimum Gasteiger partial charge on any atom is -0.381 e. The fourth-order valence-electron chi connectivity index (χ4n) is 1.69. The molecule has 0 heterocycles. The Morgan fingerprint density at radius 2 is 1.65 bits per heavy atom. The summed E-state index contributed by atoms with van der Waals surface area (Å²) in [4.78, 5) is 0. The van der Waals surface area contributed by atoms with Gasteiger partial charge in [0, 0.05) is 15.8 Å². The topological polar surface area (TPSA) is 12.0 Å². The van der Waals surface area contributed by atoms with Crippen LogP contribution < -0.4 is 5.32 Å².